The number of hydrogen-bond donors (Lipinski definition) is 3. The summed E-state index contributed by atoms with van der Waals surface area (Å²) in [6, 6.07) is -1.08. The first-order chi connectivity index (χ1) is 14.6. The molecule has 3 amide bonds. The highest BCUT2D eigenvalue weighted by atomic mass is 32.2. The highest BCUT2D eigenvalue weighted by Gasteiger charge is 2.77. The molecule has 3 aliphatic heterocycles. The third kappa shape index (κ3) is 3.88. The first kappa shape index (κ1) is 24.4. The predicted octanol–water partition coefficient (Wildman–Crippen LogP) is 1.93. The first-order valence-electron chi connectivity index (χ1n) is 11.7. The van der Waals surface area contributed by atoms with E-state index in [9.17, 15) is 19.5 Å². The number of fused-ring (bicyclic) bond motifs is 1. The summed E-state index contributed by atoms with van der Waals surface area (Å²) in [4.78, 5) is 42.1. The quantitative estimate of drug-likeness (QED) is 0.495. The lowest BCUT2D eigenvalue weighted by molar-refractivity contribution is -0.143. The third-order valence-corrected chi connectivity index (χ3v) is 9.44. The highest BCUT2D eigenvalue weighted by molar-refractivity contribution is 8.02. The number of aliphatic hydroxyl groups excluding tert-OH is 1. The van der Waals surface area contributed by atoms with E-state index in [-0.39, 0.29) is 41.0 Å². The van der Waals surface area contributed by atoms with Crippen LogP contribution in [0.25, 0.3) is 0 Å². The molecule has 3 aliphatic rings. The second-order valence-corrected chi connectivity index (χ2v) is 12.1. The zero-order chi connectivity index (χ0) is 23.1. The van der Waals surface area contributed by atoms with Gasteiger partial charge in [-0.25, -0.2) is 0 Å². The lowest BCUT2D eigenvalue weighted by atomic mass is 9.66. The number of carbonyl (C=O) groups excluding carboxylic acids is 3. The summed E-state index contributed by atoms with van der Waals surface area (Å²) >= 11 is 1.67. The van der Waals surface area contributed by atoms with Gasteiger partial charge in [-0.2, -0.15) is 0 Å². The Bertz CT molecular complexity index is 732. The molecule has 3 saturated heterocycles. The topological polar surface area (TPSA) is 98.7 Å². The molecule has 176 valence electrons. The van der Waals surface area contributed by atoms with Gasteiger partial charge >= 0.3 is 0 Å². The number of thioether (sulfide) groups is 1. The van der Waals surface area contributed by atoms with Crippen molar-refractivity contribution in [1.82, 2.24) is 15.5 Å². The lowest BCUT2D eigenvalue weighted by Crippen LogP contribution is -2.57. The number of hydrogen-bond acceptors (Lipinski definition) is 5. The van der Waals surface area contributed by atoms with Gasteiger partial charge in [-0.15, -0.1) is 11.8 Å². The van der Waals surface area contributed by atoms with Crippen LogP contribution in [-0.4, -0.2) is 69.0 Å². The number of amides is 3. The molecule has 0 aromatic heterocycles. The van der Waals surface area contributed by atoms with Crippen LogP contribution in [0.15, 0.2) is 0 Å². The van der Waals surface area contributed by atoms with E-state index < -0.39 is 28.7 Å². The lowest BCUT2D eigenvalue weighted by Gasteiger charge is -2.38. The van der Waals surface area contributed by atoms with Gasteiger partial charge in [0, 0.05) is 17.8 Å². The molecule has 3 fully saturated rings. The Morgan fingerprint density at radius 3 is 2.48 bits per heavy atom. The smallest absolute Gasteiger partial charge is 0.244 e. The largest absolute Gasteiger partial charge is 0.394 e. The van der Waals surface area contributed by atoms with Crippen molar-refractivity contribution in [3.63, 3.8) is 0 Å². The first-order valence-corrected chi connectivity index (χ1v) is 12.5. The molecule has 7 nitrogen and oxygen atoms in total. The van der Waals surface area contributed by atoms with E-state index in [1.807, 2.05) is 6.92 Å². The molecular formula is C23H39N3O4S. The van der Waals surface area contributed by atoms with Crippen molar-refractivity contribution in [2.45, 2.75) is 94.3 Å². The summed E-state index contributed by atoms with van der Waals surface area (Å²) in [6.45, 7) is 10.0. The van der Waals surface area contributed by atoms with E-state index in [2.05, 4.69) is 38.3 Å². The van der Waals surface area contributed by atoms with Crippen molar-refractivity contribution in [1.29, 1.82) is 0 Å². The summed E-state index contributed by atoms with van der Waals surface area (Å²) in [6.07, 6.45) is 3.97. The minimum absolute atomic E-state index is 0.0107. The molecule has 3 rings (SSSR count). The Balaban J connectivity index is 2.06. The van der Waals surface area contributed by atoms with Crippen LogP contribution in [0.4, 0.5) is 0 Å². The third-order valence-electron chi connectivity index (χ3n) is 7.45. The zero-order valence-corrected chi connectivity index (χ0v) is 20.6. The summed E-state index contributed by atoms with van der Waals surface area (Å²) in [5.74, 6) is -1.15. The average Bonchev–Trinajstić information content (AvgIpc) is 3.26. The van der Waals surface area contributed by atoms with Crippen LogP contribution in [0.5, 0.6) is 0 Å². The number of likely N-dealkylation sites (tertiary alicyclic amines) is 1. The monoisotopic (exact) mass is 453 g/mol. The fourth-order valence-corrected chi connectivity index (χ4v) is 8.60. The Labute approximate surface area is 190 Å². The number of carbonyl (C=O) groups is 3. The molecular weight excluding hydrogens is 414 g/mol. The highest BCUT2D eigenvalue weighted by Crippen LogP contribution is 2.71. The molecule has 0 radical (unpaired) electrons. The van der Waals surface area contributed by atoms with Crippen molar-refractivity contribution in [3.05, 3.63) is 0 Å². The number of aliphatic hydroxyl groups is 1. The van der Waals surface area contributed by atoms with Crippen molar-refractivity contribution in [3.8, 4) is 0 Å². The molecule has 1 spiro atoms. The SMILES string of the molecule is CCCC(C)NC(=O)C1N([C@@H](CO)CC(C)C)C(=O)[C@@H]2[C@@H](C(=O)NC)[C@@]3(C)CCC12S3. The predicted molar refractivity (Wildman–Crippen MR) is 122 cm³/mol. The minimum Gasteiger partial charge on any atom is -0.394 e. The van der Waals surface area contributed by atoms with Gasteiger partial charge in [0.25, 0.3) is 0 Å². The number of rotatable bonds is 9. The molecule has 0 saturated carbocycles. The van der Waals surface area contributed by atoms with Gasteiger partial charge < -0.3 is 20.6 Å². The molecule has 3 heterocycles. The zero-order valence-electron chi connectivity index (χ0n) is 19.7. The fourth-order valence-electron chi connectivity index (χ4n) is 6.26. The molecule has 0 aromatic carbocycles. The van der Waals surface area contributed by atoms with Gasteiger partial charge in [-0.3, -0.25) is 14.4 Å². The maximum absolute atomic E-state index is 13.9. The van der Waals surface area contributed by atoms with E-state index in [0.717, 1.165) is 25.7 Å². The van der Waals surface area contributed by atoms with E-state index in [1.165, 1.54) is 0 Å². The normalized spacial score (nSPS) is 35.9. The molecule has 31 heavy (non-hydrogen) atoms. The Kier molecular flexibility index (Phi) is 7.02. The molecule has 8 heteroatoms. The van der Waals surface area contributed by atoms with Gasteiger partial charge in [-0.05, 0) is 45.4 Å². The summed E-state index contributed by atoms with van der Waals surface area (Å²) < 4.78 is -0.976. The van der Waals surface area contributed by atoms with Crippen LogP contribution < -0.4 is 10.6 Å². The second-order valence-electron chi connectivity index (χ2n) is 10.3. The van der Waals surface area contributed by atoms with Gasteiger partial charge in [0.2, 0.25) is 17.7 Å². The van der Waals surface area contributed by atoms with Crippen LogP contribution in [0.1, 0.15) is 66.7 Å². The number of nitrogens with one attached hydrogen (secondary N) is 2. The van der Waals surface area contributed by atoms with Gasteiger partial charge in [0.15, 0.2) is 0 Å². The van der Waals surface area contributed by atoms with E-state index in [1.54, 1.807) is 23.7 Å². The van der Waals surface area contributed by atoms with Gasteiger partial charge in [0.05, 0.1) is 29.2 Å². The molecule has 3 N–H and O–H groups in total. The van der Waals surface area contributed by atoms with Gasteiger partial charge in [-0.1, -0.05) is 27.2 Å². The minimum atomic E-state index is -0.665. The van der Waals surface area contributed by atoms with Crippen molar-refractivity contribution in [2.24, 2.45) is 17.8 Å². The Hall–Kier alpha value is -1.28. The Morgan fingerprint density at radius 1 is 1.26 bits per heavy atom. The van der Waals surface area contributed by atoms with E-state index >= 15 is 0 Å². The fraction of sp³-hybridized carbons (Fsp3) is 0.870. The molecule has 0 aliphatic carbocycles. The number of nitrogens with zero attached hydrogens (tertiary/aromatic N) is 1. The standard InChI is InChI=1S/C23H39N3O4S/c1-7-8-14(4)25-20(29)18-23-10-9-22(5,31-23)16(19(28)24-6)17(23)21(30)26(18)15(12-27)11-13(2)3/h13-18,27H,7-12H2,1-6H3,(H,24,28)(H,25,29)/t14?,15-,16+,17+,18?,22-,23?/m1/s1. The van der Waals surface area contributed by atoms with Crippen molar-refractivity contribution >= 4 is 29.5 Å². The van der Waals surface area contributed by atoms with Crippen molar-refractivity contribution in [2.75, 3.05) is 13.7 Å². The van der Waals surface area contributed by atoms with Crippen LogP contribution in [0.2, 0.25) is 0 Å². The van der Waals surface area contributed by atoms with E-state index in [0.29, 0.717) is 6.42 Å². The average molecular weight is 454 g/mol. The summed E-state index contributed by atoms with van der Waals surface area (Å²) in [7, 11) is 1.61. The molecule has 3 unspecified atom stereocenters. The Morgan fingerprint density at radius 2 is 1.94 bits per heavy atom. The molecule has 2 bridgehead atoms. The maximum atomic E-state index is 13.9. The van der Waals surface area contributed by atoms with Crippen LogP contribution in [0, 0.1) is 17.8 Å². The molecule has 7 atom stereocenters. The van der Waals surface area contributed by atoms with Crippen LogP contribution in [-0.2, 0) is 14.4 Å². The van der Waals surface area contributed by atoms with Gasteiger partial charge in [0.1, 0.15) is 6.04 Å². The summed E-state index contributed by atoms with van der Waals surface area (Å²) in [5, 5.41) is 16.1. The van der Waals surface area contributed by atoms with Crippen LogP contribution >= 0.6 is 11.8 Å². The van der Waals surface area contributed by atoms with E-state index in [4.69, 9.17) is 0 Å². The van der Waals surface area contributed by atoms with Crippen LogP contribution in [0.3, 0.4) is 0 Å². The maximum Gasteiger partial charge on any atom is 0.244 e. The molecule has 0 aromatic rings. The second kappa shape index (κ2) is 8.93. The summed E-state index contributed by atoms with van der Waals surface area (Å²) in [5.41, 5.74) is 0. The van der Waals surface area contributed by atoms with Crippen molar-refractivity contribution < 1.29 is 19.5 Å².